The van der Waals surface area contributed by atoms with Gasteiger partial charge in [-0.05, 0) is 31.0 Å². The van der Waals surface area contributed by atoms with E-state index in [1.54, 1.807) is 0 Å². The molecular weight excluding hydrogens is 293 g/mol. The first-order chi connectivity index (χ1) is 10.4. The smallest absolute Gasteiger partial charge is 0.263 e. The molecule has 0 saturated carbocycles. The molecule has 1 saturated heterocycles. The zero-order chi connectivity index (χ0) is 16.4. The average Bonchev–Trinajstić information content (AvgIpc) is 2.46. The van der Waals surface area contributed by atoms with Crippen LogP contribution < -0.4 is 11.1 Å². The number of nitrogens with zero attached hydrogens (tertiary/aromatic N) is 1. The monoisotopic (exact) mass is 307 g/mol. The molecule has 22 heavy (non-hydrogen) atoms. The Balaban J connectivity index is 2.38. The van der Waals surface area contributed by atoms with Crippen LogP contribution in [0.1, 0.15) is 28.8 Å². The van der Waals surface area contributed by atoms with E-state index in [1.165, 1.54) is 13.0 Å². The zero-order valence-electron chi connectivity index (χ0n) is 11.8. The number of rotatable bonds is 3. The van der Waals surface area contributed by atoms with Gasteiger partial charge in [-0.3, -0.25) is 29.4 Å². The first-order valence-electron chi connectivity index (χ1n) is 6.53. The third-order valence-electron chi connectivity index (χ3n) is 3.54. The maximum absolute atomic E-state index is 13.6. The number of hydrogen-bond acceptors (Lipinski definition) is 5. The molecule has 2 rings (SSSR count). The Hall–Kier alpha value is -2.77. The van der Waals surface area contributed by atoms with Crippen molar-refractivity contribution in [2.75, 3.05) is 5.73 Å². The highest BCUT2D eigenvalue weighted by molar-refractivity contribution is 6.09. The second-order valence-electron chi connectivity index (χ2n) is 4.92. The molecule has 1 aromatic rings. The van der Waals surface area contributed by atoms with Gasteiger partial charge in [-0.15, -0.1) is 0 Å². The quantitative estimate of drug-likeness (QED) is 0.468. The van der Waals surface area contributed by atoms with E-state index in [4.69, 9.17) is 5.73 Å². The van der Waals surface area contributed by atoms with Crippen LogP contribution in [0, 0.1) is 12.7 Å². The summed E-state index contributed by atoms with van der Waals surface area (Å²) in [6, 6.07) is 1.20. The summed E-state index contributed by atoms with van der Waals surface area (Å²) >= 11 is 0. The Bertz CT molecular complexity index is 674. The fourth-order valence-electron chi connectivity index (χ4n) is 2.33. The van der Waals surface area contributed by atoms with Gasteiger partial charge in [0.15, 0.2) is 0 Å². The molecule has 1 aliphatic rings. The summed E-state index contributed by atoms with van der Waals surface area (Å²) in [5.41, 5.74) is 5.51. The maximum atomic E-state index is 13.6. The summed E-state index contributed by atoms with van der Waals surface area (Å²) in [6.45, 7) is 1.35. The Morgan fingerprint density at radius 1 is 1.45 bits per heavy atom. The first-order valence-corrected chi connectivity index (χ1v) is 6.53. The van der Waals surface area contributed by atoms with Crippen molar-refractivity contribution in [3.05, 3.63) is 29.1 Å². The van der Waals surface area contributed by atoms with Crippen LogP contribution in [-0.4, -0.2) is 35.1 Å². The van der Waals surface area contributed by atoms with Crippen molar-refractivity contribution in [1.82, 2.24) is 10.2 Å². The van der Waals surface area contributed by atoms with E-state index in [2.05, 4.69) is 5.32 Å². The van der Waals surface area contributed by atoms with Gasteiger partial charge in [-0.2, -0.15) is 0 Å². The van der Waals surface area contributed by atoms with E-state index >= 15 is 0 Å². The highest BCUT2D eigenvalue weighted by atomic mass is 19.1. The van der Waals surface area contributed by atoms with Gasteiger partial charge in [0.25, 0.3) is 5.91 Å². The van der Waals surface area contributed by atoms with Crippen LogP contribution in [-0.2, 0) is 14.4 Å². The molecule has 0 spiro atoms. The molecule has 1 atom stereocenters. The van der Waals surface area contributed by atoms with Crippen molar-refractivity contribution >= 4 is 29.8 Å². The SMILES string of the molecule is Cc1c(F)ccc(N)c1C(=O)N(C=O)C1CCC(=O)NC1=O. The highest BCUT2D eigenvalue weighted by Crippen LogP contribution is 2.23. The van der Waals surface area contributed by atoms with Gasteiger partial charge in [-0.25, -0.2) is 4.39 Å². The molecule has 0 aromatic heterocycles. The topological polar surface area (TPSA) is 110 Å². The molecule has 1 unspecified atom stereocenters. The molecule has 1 heterocycles. The molecule has 4 amide bonds. The van der Waals surface area contributed by atoms with E-state index in [0.717, 1.165) is 6.07 Å². The predicted octanol–water partition coefficient (Wildman–Crippen LogP) is 0.120. The summed E-state index contributed by atoms with van der Waals surface area (Å²) in [5, 5.41) is 2.06. The summed E-state index contributed by atoms with van der Waals surface area (Å²) in [7, 11) is 0. The first kappa shape index (κ1) is 15.6. The van der Waals surface area contributed by atoms with Crippen LogP contribution in [0.25, 0.3) is 0 Å². The minimum atomic E-state index is -1.12. The number of halogens is 1. The van der Waals surface area contributed by atoms with E-state index in [1.807, 2.05) is 0 Å². The lowest BCUT2D eigenvalue weighted by Gasteiger charge is -2.29. The van der Waals surface area contributed by atoms with Gasteiger partial charge in [0.1, 0.15) is 11.9 Å². The number of hydrogen-bond donors (Lipinski definition) is 2. The van der Waals surface area contributed by atoms with E-state index in [9.17, 15) is 23.6 Å². The molecule has 0 bridgehead atoms. The second-order valence-corrected chi connectivity index (χ2v) is 4.92. The lowest BCUT2D eigenvalue weighted by Crippen LogP contribution is -2.54. The molecule has 0 aliphatic carbocycles. The largest absolute Gasteiger partial charge is 0.398 e. The van der Waals surface area contributed by atoms with E-state index < -0.39 is 29.6 Å². The highest BCUT2D eigenvalue weighted by Gasteiger charge is 2.36. The van der Waals surface area contributed by atoms with Gasteiger partial charge in [0.05, 0.1) is 5.56 Å². The zero-order valence-corrected chi connectivity index (χ0v) is 11.8. The number of amides is 4. The molecular formula is C14H14FN3O4. The normalized spacial score (nSPS) is 17.8. The van der Waals surface area contributed by atoms with E-state index in [0.29, 0.717) is 4.90 Å². The average molecular weight is 307 g/mol. The summed E-state index contributed by atoms with van der Waals surface area (Å²) in [4.78, 5) is 47.3. The van der Waals surface area contributed by atoms with Crippen molar-refractivity contribution in [1.29, 1.82) is 0 Å². The van der Waals surface area contributed by atoms with Crippen LogP contribution in [0.5, 0.6) is 0 Å². The number of carbonyl (C=O) groups excluding carboxylic acids is 4. The van der Waals surface area contributed by atoms with Crippen molar-refractivity contribution in [2.45, 2.75) is 25.8 Å². The van der Waals surface area contributed by atoms with Crippen LogP contribution in [0.2, 0.25) is 0 Å². The molecule has 8 heteroatoms. The molecule has 0 radical (unpaired) electrons. The van der Waals surface area contributed by atoms with Crippen LogP contribution in [0.15, 0.2) is 12.1 Å². The third-order valence-corrected chi connectivity index (χ3v) is 3.54. The molecule has 3 N–H and O–H groups in total. The molecule has 1 aliphatic heterocycles. The fourth-order valence-corrected chi connectivity index (χ4v) is 2.33. The molecule has 1 aromatic carbocycles. The number of nitrogens with two attached hydrogens (primary N) is 1. The Morgan fingerprint density at radius 3 is 2.73 bits per heavy atom. The number of carbonyl (C=O) groups is 4. The Kier molecular flexibility index (Phi) is 4.20. The molecule has 7 nitrogen and oxygen atoms in total. The Morgan fingerprint density at radius 2 is 2.14 bits per heavy atom. The number of anilines is 1. The third kappa shape index (κ3) is 2.67. The van der Waals surface area contributed by atoms with Crippen LogP contribution in [0.4, 0.5) is 10.1 Å². The predicted molar refractivity (Wildman–Crippen MR) is 74.0 cm³/mol. The number of nitrogens with one attached hydrogen (secondary N) is 1. The number of nitrogen functional groups attached to an aromatic ring is 1. The van der Waals surface area contributed by atoms with Crippen molar-refractivity contribution in [3.63, 3.8) is 0 Å². The van der Waals surface area contributed by atoms with E-state index in [-0.39, 0.29) is 36.1 Å². The number of benzene rings is 1. The van der Waals surface area contributed by atoms with Crippen LogP contribution >= 0.6 is 0 Å². The lowest BCUT2D eigenvalue weighted by molar-refractivity contribution is -0.139. The fraction of sp³-hybridized carbons (Fsp3) is 0.286. The maximum Gasteiger partial charge on any atom is 0.263 e. The van der Waals surface area contributed by atoms with Crippen molar-refractivity contribution in [3.8, 4) is 0 Å². The Labute approximate surface area is 125 Å². The van der Waals surface area contributed by atoms with Crippen molar-refractivity contribution < 1.29 is 23.6 Å². The summed E-state index contributed by atoms with van der Waals surface area (Å²) in [6.07, 6.45) is 0.210. The molecule has 1 fully saturated rings. The second kappa shape index (κ2) is 5.92. The molecule has 116 valence electrons. The van der Waals surface area contributed by atoms with Gasteiger partial charge >= 0.3 is 0 Å². The van der Waals surface area contributed by atoms with Gasteiger partial charge in [0, 0.05) is 12.1 Å². The minimum absolute atomic E-state index is 0.00282. The number of piperidine rings is 1. The summed E-state index contributed by atoms with van der Waals surface area (Å²) < 4.78 is 13.6. The summed E-state index contributed by atoms with van der Waals surface area (Å²) in [5.74, 6) is -2.74. The van der Waals surface area contributed by atoms with Gasteiger partial charge in [0.2, 0.25) is 18.2 Å². The van der Waals surface area contributed by atoms with Gasteiger partial charge in [-0.1, -0.05) is 0 Å². The standard InChI is InChI=1S/C14H14FN3O4/c1-7-8(15)2-3-9(16)12(7)14(22)18(6-19)10-4-5-11(20)17-13(10)21/h2-3,6,10H,4-5,16H2,1H3,(H,17,20,21). The lowest BCUT2D eigenvalue weighted by atomic mass is 10.0. The number of imide groups is 2. The van der Waals surface area contributed by atoms with Crippen molar-refractivity contribution in [2.24, 2.45) is 0 Å². The van der Waals surface area contributed by atoms with Crippen LogP contribution in [0.3, 0.4) is 0 Å². The minimum Gasteiger partial charge on any atom is -0.398 e. The van der Waals surface area contributed by atoms with Gasteiger partial charge < -0.3 is 5.73 Å².